The first kappa shape index (κ1) is 19.4. The molecular weight excluding hydrogens is 408 g/mol. The van der Waals surface area contributed by atoms with Crippen LogP contribution in [-0.2, 0) is 4.74 Å². The molecular formula is C22H17ClN2O3S. The van der Waals surface area contributed by atoms with Crippen molar-refractivity contribution in [1.29, 1.82) is 0 Å². The topological polar surface area (TPSA) is 72.0 Å². The predicted octanol–water partition coefficient (Wildman–Crippen LogP) is 5.36. The number of rotatable bonds is 4. The molecule has 4 rings (SSSR count). The molecule has 4 aromatic rings. The van der Waals surface area contributed by atoms with Crippen molar-refractivity contribution in [1.82, 2.24) is 9.97 Å². The van der Waals surface area contributed by atoms with E-state index in [-0.39, 0.29) is 18.0 Å². The highest BCUT2D eigenvalue weighted by Gasteiger charge is 2.20. The van der Waals surface area contributed by atoms with Crippen molar-refractivity contribution in [3.05, 3.63) is 74.6 Å². The Morgan fingerprint density at radius 2 is 2.00 bits per heavy atom. The van der Waals surface area contributed by atoms with Crippen LogP contribution in [0.2, 0.25) is 0 Å². The van der Waals surface area contributed by atoms with Crippen molar-refractivity contribution in [2.24, 2.45) is 0 Å². The van der Waals surface area contributed by atoms with Gasteiger partial charge in [0.2, 0.25) is 0 Å². The molecule has 29 heavy (non-hydrogen) atoms. The Bertz CT molecular complexity index is 1340. The van der Waals surface area contributed by atoms with Crippen LogP contribution in [0.5, 0.6) is 0 Å². The molecule has 5 nitrogen and oxygen atoms in total. The van der Waals surface area contributed by atoms with Gasteiger partial charge in [0.25, 0.3) is 5.56 Å². The summed E-state index contributed by atoms with van der Waals surface area (Å²) in [4.78, 5) is 32.8. The predicted molar refractivity (Wildman–Crippen MR) is 119 cm³/mol. The number of aromatic amines is 1. The van der Waals surface area contributed by atoms with Crippen molar-refractivity contribution in [3.8, 4) is 0 Å². The van der Waals surface area contributed by atoms with E-state index in [1.54, 1.807) is 19.9 Å². The van der Waals surface area contributed by atoms with Crippen molar-refractivity contribution >= 4 is 61.0 Å². The molecule has 0 spiro atoms. The highest BCUT2D eigenvalue weighted by molar-refractivity contribution is 7.20. The average molecular weight is 425 g/mol. The number of hydrogen-bond acceptors (Lipinski definition) is 5. The van der Waals surface area contributed by atoms with Crippen LogP contribution in [0, 0.1) is 6.92 Å². The SMILES string of the molecule is CCOC(=O)c1sc2nc(/C(Cl)=C/c3ccc4ccccc4c3)[nH]c(=O)c2c1C. The Morgan fingerprint density at radius 1 is 1.24 bits per heavy atom. The van der Waals surface area contributed by atoms with Crippen LogP contribution in [0.15, 0.2) is 47.3 Å². The molecule has 0 aliphatic carbocycles. The van der Waals surface area contributed by atoms with Gasteiger partial charge in [-0.2, -0.15) is 0 Å². The Morgan fingerprint density at radius 3 is 2.76 bits per heavy atom. The highest BCUT2D eigenvalue weighted by atomic mass is 35.5. The molecule has 0 radical (unpaired) electrons. The van der Waals surface area contributed by atoms with Gasteiger partial charge < -0.3 is 9.72 Å². The van der Waals surface area contributed by atoms with Crippen LogP contribution in [0.3, 0.4) is 0 Å². The molecule has 1 N–H and O–H groups in total. The standard InChI is InChI=1S/C22H17ClN2O3S/c1-3-28-22(27)18-12(2)17-20(26)24-19(25-21(17)29-18)16(23)11-13-8-9-14-6-4-5-7-15(14)10-13/h4-11H,3H2,1-2H3,(H,24,25,26)/b16-11-. The van der Waals surface area contributed by atoms with E-state index in [0.717, 1.165) is 27.7 Å². The lowest BCUT2D eigenvalue weighted by atomic mass is 10.1. The summed E-state index contributed by atoms with van der Waals surface area (Å²) in [7, 11) is 0. The van der Waals surface area contributed by atoms with Gasteiger partial charge in [-0.05, 0) is 47.9 Å². The fraction of sp³-hybridized carbons (Fsp3) is 0.136. The minimum absolute atomic E-state index is 0.258. The number of esters is 1. The number of ether oxygens (including phenoxy) is 1. The maximum absolute atomic E-state index is 12.6. The number of halogens is 1. The monoisotopic (exact) mass is 424 g/mol. The van der Waals surface area contributed by atoms with Gasteiger partial charge >= 0.3 is 5.97 Å². The second-order valence-electron chi connectivity index (χ2n) is 6.47. The third kappa shape index (κ3) is 3.69. The number of carbonyl (C=O) groups is 1. The van der Waals surface area contributed by atoms with Gasteiger partial charge in [0.1, 0.15) is 9.71 Å². The van der Waals surface area contributed by atoms with Gasteiger partial charge in [-0.3, -0.25) is 4.79 Å². The van der Waals surface area contributed by atoms with Crippen LogP contribution in [0.4, 0.5) is 0 Å². The van der Waals surface area contributed by atoms with Crippen molar-refractivity contribution in [3.63, 3.8) is 0 Å². The molecule has 0 unspecified atom stereocenters. The van der Waals surface area contributed by atoms with E-state index in [9.17, 15) is 9.59 Å². The number of nitrogens with zero attached hydrogens (tertiary/aromatic N) is 1. The number of aromatic nitrogens is 2. The first-order valence-electron chi connectivity index (χ1n) is 9.05. The summed E-state index contributed by atoms with van der Waals surface area (Å²) < 4.78 is 5.06. The largest absolute Gasteiger partial charge is 0.462 e. The van der Waals surface area contributed by atoms with E-state index in [1.165, 1.54) is 0 Å². The number of thiophene rings is 1. The molecule has 146 valence electrons. The molecule has 0 aliphatic rings. The molecule has 2 aromatic heterocycles. The summed E-state index contributed by atoms with van der Waals surface area (Å²) in [5, 5.41) is 2.92. The Balaban J connectivity index is 1.77. The van der Waals surface area contributed by atoms with Crippen molar-refractivity contribution in [2.75, 3.05) is 6.61 Å². The van der Waals surface area contributed by atoms with Crippen LogP contribution in [-0.4, -0.2) is 22.5 Å². The zero-order valence-corrected chi connectivity index (χ0v) is 17.4. The summed E-state index contributed by atoms with van der Waals surface area (Å²) >= 11 is 7.60. The number of H-pyrrole nitrogens is 1. The van der Waals surface area contributed by atoms with Crippen molar-refractivity contribution < 1.29 is 9.53 Å². The van der Waals surface area contributed by atoms with E-state index in [4.69, 9.17) is 16.3 Å². The Labute approximate surface area is 175 Å². The fourth-order valence-corrected chi connectivity index (χ4v) is 4.45. The fourth-order valence-electron chi connectivity index (χ4n) is 3.16. The summed E-state index contributed by atoms with van der Waals surface area (Å²) in [5.41, 5.74) is 1.13. The number of aryl methyl sites for hydroxylation is 1. The lowest BCUT2D eigenvalue weighted by Crippen LogP contribution is -2.10. The first-order valence-corrected chi connectivity index (χ1v) is 10.2. The molecule has 7 heteroatoms. The third-order valence-electron chi connectivity index (χ3n) is 4.55. The van der Waals surface area contributed by atoms with Crippen molar-refractivity contribution in [2.45, 2.75) is 13.8 Å². The normalized spacial score (nSPS) is 11.9. The maximum Gasteiger partial charge on any atom is 0.348 e. The summed E-state index contributed by atoms with van der Waals surface area (Å²) in [6.45, 7) is 3.72. The van der Waals surface area contributed by atoms with Gasteiger partial charge in [0.15, 0.2) is 5.82 Å². The van der Waals surface area contributed by atoms with E-state index in [2.05, 4.69) is 9.97 Å². The van der Waals surface area contributed by atoms with Crippen LogP contribution >= 0.6 is 22.9 Å². The molecule has 0 atom stereocenters. The second-order valence-corrected chi connectivity index (χ2v) is 7.88. The molecule has 0 amide bonds. The first-order chi connectivity index (χ1) is 14.0. The summed E-state index contributed by atoms with van der Waals surface area (Å²) in [6, 6.07) is 14.0. The number of nitrogens with one attached hydrogen (secondary N) is 1. The van der Waals surface area contributed by atoms with Gasteiger partial charge in [0, 0.05) is 0 Å². The summed E-state index contributed by atoms with van der Waals surface area (Å²) in [6.07, 6.45) is 1.75. The van der Waals surface area contributed by atoms with Crippen LogP contribution < -0.4 is 5.56 Å². The Kier molecular flexibility index (Phi) is 5.22. The second kappa shape index (κ2) is 7.81. The van der Waals surface area contributed by atoms with E-state index in [1.807, 2.05) is 42.5 Å². The average Bonchev–Trinajstić information content (AvgIpc) is 3.05. The molecule has 0 aliphatic heterocycles. The van der Waals surface area contributed by atoms with Crippen LogP contribution in [0.1, 0.15) is 33.5 Å². The number of carbonyl (C=O) groups excluding carboxylic acids is 1. The van der Waals surface area contributed by atoms with Gasteiger partial charge in [-0.15, -0.1) is 11.3 Å². The molecule has 0 saturated heterocycles. The van der Waals surface area contributed by atoms with E-state index in [0.29, 0.717) is 25.7 Å². The highest BCUT2D eigenvalue weighted by Crippen LogP contribution is 2.29. The van der Waals surface area contributed by atoms with Gasteiger partial charge in [-0.25, -0.2) is 9.78 Å². The number of hydrogen-bond donors (Lipinski definition) is 1. The van der Waals surface area contributed by atoms with E-state index >= 15 is 0 Å². The minimum atomic E-state index is -0.452. The maximum atomic E-state index is 12.6. The molecule has 0 saturated carbocycles. The smallest absolute Gasteiger partial charge is 0.348 e. The van der Waals surface area contributed by atoms with Gasteiger partial charge in [0.05, 0.1) is 17.0 Å². The molecule has 2 aromatic carbocycles. The Hall–Kier alpha value is -2.96. The molecule has 0 fully saturated rings. The molecule has 0 bridgehead atoms. The number of benzene rings is 2. The lowest BCUT2D eigenvalue weighted by Gasteiger charge is -2.02. The lowest BCUT2D eigenvalue weighted by molar-refractivity contribution is 0.0531. The number of fused-ring (bicyclic) bond motifs is 2. The zero-order chi connectivity index (χ0) is 20.5. The van der Waals surface area contributed by atoms with Gasteiger partial charge in [-0.1, -0.05) is 48.0 Å². The third-order valence-corrected chi connectivity index (χ3v) is 6.01. The van der Waals surface area contributed by atoms with E-state index < -0.39 is 5.97 Å². The zero-order valence-electron chi connectivity index (χ0n) is 15.8. The quantitative estimate of drug-likeness (QED) is 0.447. The molecule has 2 heterocycles. The minimum Gasteiger partial charge on any atom is -0.462 e. The van der Waals surface area contributed by atoms with Crippen LogP contribution in [0.25, 0.3) is 32.1 Å². The summed E-state index contributed by atoms with van der Waals surface area (Å²) in [5.74, 6) is -0.194.